The van der Waals surface area contributed by atoms with E-state index in [4.69, 9.17) is 57.9 Å². The number of aliphatic imine (C=N–C) groups is 2. The number of rotatable bonds is 2. The van der Waals surface area contributed by atoms with Gasteiger partial charge in [-0.05, 0) is 28.7 Å². The molecule has 198 valence electrons. The van der Waals surface area contributed by atoms with Crippen LogP contribution in [0.3, 0.4) is 0 Å². The van der Waals surface area contributed by atoms with E-state index in [-0.39, 0.29) is 16.1 Å². The summed E-state index contributed by atoms with van der Waals surface area (Å²) >= 11 is 21.3. The van der Waals surface area contributed by atoms with Crippen LogP contribution in [0, 0.1) is 20.2 Å². The molecule has 5 rings (SSSR count). The van der Waals surface area contributed by atoms with E-state index in [9.17, 15) is 20.2 Å². The standard InChI is InChI=1S/C4H4ClN.C4H6N2.2C3H2ClN3O2.C3H4ClN3/c2*5-4-1-2-6-3-4;4-3-1-2-6(5-3)7(8)9;4-2-1-3(6-5-2)7(8)9;4-2-1-3(5)7-6-2/h1-2H,3H2;1-2H,3,5H2;1-2H;1H,(H,5,6);1H,(H3,5,6,7). The van der Waals surface area contributed by atoms with Gasteiger partial charge in [0.1, 0.15) is 17.2 Å². The minimum Gasteiger partial charge on any atom is -0.400 e. The highest BCUT2D eigenvalue weighted by Gasteiger charge is 2.06. The first-order valence-electron chi connectivity index (χ1n) is 9.44. The quantitative estimate of drug-likeness (QED) is 0.250. The maximum Gasteiger partial charge on any atom is 0.344 e. The van der Waals surface area contributed by atoms with Crippen molar-refractivity contribution in [2.45, 2.75) is 0 Å². The smallest absolute Gasteiger partial charge is 0.344 e. The lowest BCUT2D eigenvalue weighted by Crippen LogP contribution is -2.08. The largest absolute Gasteiger partial charge is 0.400 e. The Hall–Kier alpha value is -3.99. The molecule has 2 aliphatic heterocycles. The average Bonchev–Trinajstić information content (AvgIpc) is 3.65. The predicted octanol–water partition coefficient (Wildman–Crippen LogP) is 3.30. The molecule has 0 aliphatic carbocycles. The first-order chi connectivity index (χ1) is 17.5. The molecule has 0 fully saturated rings. The molecule has 16 nitrogen and oxygen atoms in total. The van der Waals surface area contributed by atoms with Gasteiger partial charge in [0, 0.05) is 40.1 Å². The fourth-order valence-corrected chi connectivity index (χ4v) is 2.32. The van der Waals surface area contributed by atoms with Gasteiger partial charge < -0.3 is 31.7 Å². The molecular formula is C17H18Cl4N12O4. The average molecular weight is 596 g/mol. The third-order valence-corrected chi connectivity index (χ3v) is 4.11. The summed E-state index contributed by atoms with van der Waals surface area (Å²) in [6, 6.07) is 4.02. The van der Waals surface area contributed by atoms with Gasteiger partial charge in [0.2, 0.25) is 0 Å². The first kappa shape index (κ1) is 31.0. The molecule has 0 spiro atoms. The van der Waals surface area contributed by atoms with Crippen LogP contribution in [-0.4, -0.2) is 65.8 Å². The molecule has 0 bridgehead atoms. The van der Waals surface area contributed by atoms with Crippen molar-refractivity contribution in [3.63, 3.8) is 0 Å². The molecule has 6 N–H and O–H groups in total. The number of nitrogens with one attached hydrogen (secondary N) is 2. The van der Waals surface area contributed by atoms with E-state index >= 15 is 0 Å². The minimum atomic E-state index is -0.675. The zero-order chi connectivity index (χ0) is 27.8. The highest BCUT2D eigenvalue weighted by molar-refractivity contribution is 6.31. The van der Waals surface area contributed by atoms with Gasteiger partial charge in [-0.3, -0.25) is 15.1 Å². The van der Waals surface area contributed by atoms with E-state index < -0.39 is 9.96 Å². The molecule has 3 aromatic rings. The lowest BCUT2D eigenvalue weighted by Gasteiger charge is -1.85. The van der Waals surface area contributed by atoms with E-state index in [2.05, 4.69) is 35.5 Å². The van der Waals surface area contributed by atoms with Crippen molar-refractivity contribution in [3.8, 4) is 0 Å². The van der Waals surface area contributed by atoms with Gasteiger partial charge in [0.25, 0.3) is 5.15 Å². The van der Waals surface area contributed by atoms with Gasteiger partial charge in [-0.2, -0.15) is 5.10 Å². The Bertz CT molecular complexity index is 1190. The van der Waals surface area contributed by atoms with Crippen molar-refractivity contribution in [3.05, 3.63) is 83.0 Å². The van der Waals surface area contributed by atoms with Crippen LogP contribution in [0.2, 0.25) is 15.5 Å². The Morgan fingerprint density at radius 3 is 1.78 bits per heavy atom. The van der Waals surface area contributed by atoms with Crippen LogP contribution in [0.5, 0.6) is 0 Å². The van der Waals surface area contributed by atoms with Gasteiger partial charge in [0.15, 0.2) is 5.15 Å². The Labute approximate surface area is 227 Å². The van der Waals surface area contributed by atoms with Crippen LogP contribution in [0.4, 0.5) is 11.6 Å². The van der Waals surface area contributed by atoms with Crippen molar-refractivity contribution < 1.29 is 9.96 Å². The summed E-state index contributed by atoms with van der Waals surface area (Å²) in [4.78, 5) is 27.3. The van der Waals surface area contributed by atoms with Gasteiger partial charge in [0.05, 0.1) is 29.3 Å². The summed E-state index contributed by atoms with van der Waals surface area (Å²) in [5, 5.41) is 35.3. The van der Waals surface area contributed by atoms with Gasteiger partial charge in [-0.25, -0.2) is 0 Å². The highest BCUT2D eigenvalue weighted by atomic mass is 35.5. The second-order valence-corrected chi connectivity index (χ2v) is 7.77. The normalized spacial score (nSPS) is 12.3. The van der Waals surface area contributed by atoms with E-state index in [1.807, 2.05) is 0 Å². The number of H-pyrrole nitrogens is 2. The second-order valence-electron chi connectivity index (χ2n) is 6.11. The summed E-state index contributed by atoms with van der Waals surface area (Å²) in [6.07, 6.45) is 8.20. The molecule has 0 unspecified atom stereocenters. The molecule has 0 amide bonds. The fraction of sp³-hybridized carbons (Fsp3) is 0.118. The number of aromatic nitrogens is 6. The molecule has 0 saturated carbocycles. The lowest BCUT2D eigenvalue weighted by molar-refractivity contribution is -0.552. The van der Waals surface area contributed by atoms with E-state index in [1.54, 1.807) is 30.6 Å². The summed E-state index contributed by atoms with van der Waals surface area (Å²) in [7, 11) is 0. The number of hydrogen-bond donors (Lipinski definition) is 4. The van der Waals surface area contributed by atoms with Crippen LogP contribution >= 0.6 is 46.4 Å². The number of nitro groups is 2. The molecular weight excluding hydrogens is 578 g/mol. The third-order valence-electron chi connectivity index (χ3n) is 3.28. The predicted molar refractivity (Wildman–Crippen MR) is 141 cm³/mol. The second kappa shape index (κ2) is 16.6. The number of halogens is 4. The molecule has 0 radical (unpaired) electrons. The van der Waals surface area contributed by atoms with E-state index in [0.717, 1.165) is 16.8 Å². The van der Waals surface area contributed by atoms with Gasteiger partial charge >= 0.3 is 5.82 Å². The topological polar surface area (TPSA) is 238 Å². The van der Waals surface area contributed by atoms with Crippen LogP contribution in [0.15, 0.2) is 57.3 Å². The zero-order valence-electron chi connectivity index (χ0n) is 18.4. The van der Waals surface area contributed by atoms with Gasteiger partial charge in [-0.1, -0.05) is 39.9 Å². The van der Waals surface area contributed by atoms with Crippen molar-refractivity contribution in [2.24, 2.45) is 15.7 Å². The van der Waals surface area contributed by atoms with Crippen LogP contribution in [0.1, 0.15) is 0 Å². The summed E-state index contributed by atoms with van der Waals surface area (Å²) in [5.74, 6) is 0.227. The maximum atomic E-state index is 9.89. The molecule has 0 atom stereocenters. The van der Waals surface area contributed by atoms with Crippen LogP contribution in [-0.2, 0) is 0 Å². The fourth-order valence-electron chi connectivity index (χ4n) is 1.76. The molecule has 0 saturated heterocycles. The summed E-state index contributed by atoms with van der Waals surface area (Å²) in [6.45, 7) is 1.38. The summed E-state index contributed by atoms with van der Waals surface area (Å²) < 4.78 is 0. The number of anilines is 1. The number of allylic oxidation sites excluding steroid dienone is 2. The highest BCUT2D eigenvalue weighted by Crippen LogP contribution is 2.11. The minimum absolute atomic E-state index is 0.0988. The Kier molecular flexibility index (Phi) is 14.0. The monoisotopic (exact) mass is 594 g/mol. The van der Waals surface area contributed by atoms with Crippen molar-refractivity contribution in [1.82, 2.24) is 30.3 Å². The number of hydrogen-bond acceptors (Lipinski definition) is 11. The van der Waals surface area contributed by atoms with E-state index in [0.29, 0.717) is 28.9 Å². The van der Waals surface area contributed by atoms with Crippen molar-refractivity contribution >= 4 is 70.5 Å². The zero-order valence-corrected chi connectivity index (χ0v) is 21.4. The van der Waals surface area contributed by atoms with Crippen molar-refractivity contribution in [2.75, 3.05) is 18.8 Å². The SMILES string of the molecule is ClC1=CC=NC1.NC1=CC=NC1.Nc1cc(Cl)[nH]n1.O=[N+]([O-])c1cc(Cl)n[nH]1.O=[N+]([O-])n1ccc(Cl)n1. The van der Waals surface area contributed by atoms with Crippen molar-refractivity contribution in [1.29, 1.82) is 0 Å². The number of nitrogens with zero attached hydrogens (tertiary/aromatic N) is 8. The first-order valence-corrected chi connectivity index (χ1v) is 11.0. The van der Waals surface area contributed by atoms with Gasteiger partial charge in [-0.15, -0.1) is 5.10 Å². The molecule has 20 heteroatoms. The molecule has 3 aromatic heterocycles. The number of nitrogens with two attached hydrogens (primary N) is 2. The molecule has 5 heterocycles. The number of aromatic amines is 2. The third kappa shape index (κ3) is 14.2. The Balaban J connectivity index is 0.000000234. The van der Waals surface area contributed by atoms with E-state index in [1.165, 1.54) is 12.3 Å². The molecule has 37 heavy (non-hydrogen) atoms. The van der Waals surface area contributed by atoms with Crippen LogP contribution < -0.4 is 11.5 Å². The summed E-state index contributed by atoms with van der Waals surface area (Å²) in [5.41, 5.74) is 11.3. The Morgan fingerprint density at radius 2 is 1.59 bits per heavy atom. The van der Waals surface area contributed by atoms with Crippen LogP contribution in [0.25, 0.3) is 0 Å². The molecule has 0 aromatic carbocycles. The number of nitrogen functional groups attached to an aromatic ring is 1. The Morgan fingerprint density at radius 1 is 0.919 bits per heavy atom. The maximum absolute atomic E-state index is 9.89. The molecule has 2 aliphatic rings. The lowest BCUT2D eigenvalue weighted by atomic mass is 10.5.